The molecule has 33 heavy (non-hydrogen) atoms. The van der Waals surface area contributed by atoms with Crippen molar-refractivity contribution in [1.82, 2.24) is 19.9 Å². The first kappa shape index (κ1) is 21.6. The van der Waals surface area contributed by atoms with Crippen molar-refractivity contribution in [3.05, 3.63) is 16.7 Å². The van der Waals surface area contributed by atoms with Crippen LogP contribution in [-0.2, 0) is 4.74 Å². The molecule has 0 N–H and O–H groups in total. The summed E-state index contributed by atoms with van der Waals surface area (Å²) in [7, 11) is 0. The summed E-state index contributed by atoms with van der Waals surface area (Å²) >= 11 is 6.03. The van der Waals surface area contributed by atoms with Crippen LogP contribution in [0.2, 0.25) is 5.15 Å². The van der Waals surface area contributed by atoms with Crippen LogP contribution in [0.5, 0.6) is 6.01 Å². The molecule has 0 aliphatic carbocycles. The molecule has 0 aromatic carbocycles. The molecule has 2 aromatic heterocycles. The van der Waals surface area contributed by atoms with E-state index in [1.807, 2.05) is 4.90 Å². The number of pyridine rings is 1. The molecular formula is C22H25ClF3N5O2. The molecule has 0 bridgehead atoms. The molecule has 11 heteroatoms. The Bertz CT molecular complexity index is 1090. The Morgan fingerprint density at radius 1 is 1.18 bits per heavy atom. The fourth-order valence-electron chi connectivity index (χ4n) is 5.93. The number of rotatable bonds is 3. The molecule has 3 fully saturated rings. The highest BCUT2D eigenvalue weighted by atomic mass is 35.5. The second kappa shape index (κ2) is 8.09. The Labute approximate surface area is 194 Å². The van der Waals surface area contributed by atoms with Crippen LogP contribution in [0.1, 0.15) is 44.0 Å². The Kier molecular flexibility index (Phi) is 5.30. The van der Waals surface area contributed by atoms with Crippen molar-refractivity contribution in [3.63, 3.8) is 0 Å². The van der Waals surface area contributed by atoms with Gasteiger partial charge in [-0.25, -0.2) is 18.2 Å². The minimum atomic E-state index is -1.46. The third-order valence-corrected chi connectivity index (χ3v) is 7.70. The zero-order valence-corrected chi connectivity index (χ0v) is 18.8. The standard InChI is InChI=1S/C22H25ClF3N5O2/c23-19-16(26)18-15-17(27-19)14(25)7-13-10-32-6-2-5-31(13)20(15)29-21(28-18)33-11-22-3-1-4-30(22)9-12(24)8-22/h12-14H,1-11H2/t12-,13+,14+,22+/m1/s1. The normalized spacial score (nSPS) is 31.9. The van der Waals surface area contributed by atoms with E-state index in [-0.39, 0.29) is 41.7 Å². The van der Waals surface area contributed by atoms with Gasteiger partial charge >= 0.3 is 6.01 Å². The van der Waals surface area contributed by atoms with Gasteiger partial charge in [0.1, 0.15) is 30.3 Å². The lowest BCUT2D eigenvalue weighted by Crippen LogP contribution is -2.43. The molecule has 3 saturated heterocycles. The number of ether oxygens (including phenoxy) is 2. The zero-order chi connectivity index (χ0) is 22.7. The number of hydrogen-bond donors (Lipinski definition) is 0. The van der Waals surface area contributed by atoms with E-state index in [0.29, 0.717) is 38.5 Å². The molecule has 6 rings (SSSR count). The van der Waals surface area contributed by atoms with E-state index in [1.165, 1.54) is 0 Å². The van der Waals surface area contributed by atoms with Gasteiger partial charge in [0.15, 0.2) is 11.0 Å². The van der Waals surface area contributed by atoms with Gasteiger partial charge in [-0.2, -0.15) is 9.97 Å². The molecule has 0 amide bonds. The first-order valence-corrected chi connectivity index (χ1v) is 11.9. The molecule has 6 heterocycles. The van der Waals surface area contributed by atoms with Crippen LogP contribution in [0, 0.1) is 5.82 Å². The minimum absolute atomic E-state index is 0.0191. The molecule has 0 saturated carbocycles. The van der Waals surface area contributed by atoms with E-state index in [2.05, 4.69) is 19.9 Å². The lowest BCUT2D eigenvalue weighted by Gasteiger charge is -2.31. The molecule has 4 aliphatic rings. The average Bonchev–Trinajstić information content (AvgIpc) is 3.17. The van der Waals surface area contributed by atoms with Crippen LogP contribution in [0.3, 0.4) is 0 Å². The van der Waals surface area contributed by atoms with Gasteiger partial charge in [0.2, 0.25) is 0 Å². The topological polar surface area (TPSA) is 63.6 Å². The van der Waals surface area contributed by atoms with Crippen LogP contribution < -0.4 is 9.64 Å². The summed E-state index contributed by atoms with van der Waals surface area (Å²) in [6, 6.07) is -0.301. The SMILES string of the molecule is Fc1c(Cl)nc2c3c(nc(OC[C@@]45CCCN4C[C@H](F)C5)nc13)N1CCCOC[C@@H]1C[C@@H]2F. The largest absolute Gasteiger partial charge is 0.461 e. The highest BCUT2D eigenvalue weighted by Crippen LogP contribution is 2.43. The van der Waals surface area contributed by atoms with E-state index in [4.69, 9.17) is 21.1 Å². The van der Waals surface area contributed by atoms with Gasteiger partial charge in [-0.3, -0.25) is 4.90 Å². The molecule has 7 nitrogen and oxygen atoms in total. The highest BCUT2D eigenvalue weighted by molar-refractivity contribution is 6.30. The second-order valence-corrected chi connectivity index (χ2v) is 9.86. The zero-order valence-electron chi connectivity index (χ0n) is 18.1. The fourth-order valence-corrected chi connectivity index (χ4v) is 6.11. The van der Waals surface area contributed by atoms with Crippen LogP contribution in [0.15, 0.2) is 0 Å². The van der Waals surface area contributed by atoms with Gasteiger partial charge in [-0.05, 0) is 25.8 Å². The number of alkyl halides is 2. The van der Waals surface area contributed by atoms with Gasteiger partial charge in [0.25, 0.3) is 0 Å². The molecule has 0 radical (unpaired) electrons. The van der Waals surface area contributed by atoms with E-state index >= 15 is 8.78 Å². The number of aromatic nitrogens is 3. The summed E-state index contributed by atoms with van der Waals surface area (Å²) in [5, 5.41) is -0.202. The summed E-state index contributed by atoms with van der Waals surface area (Å²) in [6.07, 6.45) is 0.722. The van der Waals surface area contributed by atoms with Crippen molar-refractivity contribution in [2.45, 2.75) is 56.0 Å². The average molecular weight is 484 g/mol. The van der Waals surface area contributed by atoms with Crippen molar-refractivity contribution in [1.29, 1.82) is 0 Å². The van der Waals surface area contributed by atoms with Crippen LogP contribution in [-0.4, -0.2) is 77.1 Å². The Balaban J connectivity index is 1.44. The fraction of sp³-hybridized carbons (Fsp3) is 0.682. The summed E-state index contributed by atoms with van der Waals surface area (Å²) in [6.45, 7) is 2.92. The second-order valence-electron chi connectivity index (χ2n) is 9.50. The van der Waals surface area contributed by atoms with Gasteiger partial charge < -0.3 is 14.4 Å². The maximum Gasteiger partial charge on any atom is 0.319 e. The third kappa shape index (κ3) is 3.52. The van der Waals surface area contributed by atoms with Crippen LogP contribution >= 0.6 is 11.6 Å². The highest BCUT2D eigenvalue weighted by Gasteiger charge is 2.49. The molecule has 178 valence electrons. The quantitative estimate of drug-likeness (QED) is 0.615. The molecule has 4 aliphatic heterocycles. The number of hydrogen-bond acceptors (Lipinski definition) is 7. The molecule has 0 spiro atoms. The number of fused-ring (bicyclic) bond motifs is 3. The first-order chi connectivity index (χ1) is 15.9. The number of anilines is 1. The number of halogens is 4. The molecular weight excluding hydrogens is 459 g/mol. The number of nitrogens with zero attached hydrogens (tertiary/aromatic N) is 5. The van der Waals surface area contributed by atoms with E-state index in [9.17, 15) is 4.39 Å². The van der Waals surface area contributed by atoms with E-state index in [1.54, 1.807) is 0 Å². The predicted octanol–water partition coefficient (Wildman–Crippen LogP) is 3.78. The van der Waals surface area contributed by atoms with Gasteiger partial charge in [0.05, 0.1) is 29.3 Å². The van der Waals surface area contributed by atoms with Crippen LogP contribution in [0.4, 0.5) is 19.0 Å². The minimum Gasteiger partial charge on any atom is -0.461 e. The van der Waals surface area contributed by atoms with E-state index < -0.39 is 28.9 Å². The van der Waals surface area contributed by atoms with Crippen LogP contribution in [0.25, 0.3) is 10.9 Å². The van der Waals surface area contributed by atoms with Crippen molar-refractivity contribution in [2.24, 2.45) is 0 Å². The molecule has 0 unspecified atom stereocenters. The first-order valence-electron chi connectivity index (χ1n) is 11.5. The third-order valence-electron chi connectivity index (χ3n) is 7.45. The van der Waals surface area contributed by atoms with Crippen molar-refractivity contribution >= 4 is 28.3 Å². The van der Waals surface area contributed by atoms with Gasteiger partial charge in [-0.15, -0.1) is 0 Å². The summed E-state index contributed by atoms with van der Waals surface area (Å²) in [5.74, 6) is -0.440. The van der Waals surface area contributed by atoms with Crippen molar-refractivity contribution < 1.29 is 22.6 Å². The maximum atomic E-state index is 15.3. The Hall–Kier alpha value is -1.91. The van der Waals surface area contributed by atoms with E-state index in [0.717, 1.165) is 25.8 Å². The predicted molar refractivity (Wildman–Crippen MR) is 116 cm³/mol. The Morgan fingerprint density at radius 3 is 2.94 bits per heavy atom. The molecule has 4 atom stereocenters. The smallest absolute Gasteiger partial charge is 0.319 e. The van der Waals surface area contributed by atoms with Crippen molar-refractivity contribution in [2.75, 3.05) is 44.4 Å². The Morgan fingerprint density at radius 2 is 2.06 bits per heavy atom. The summed E-state index contributed by atoms with van der Waals surface area (Å²) < 4.78 is 56.2. The lowest BCUT2D eigenvalue weighted by molar-refractivity contribution is 0.107. The molecule has 2 aromatic rings. The summed E-state index contributed by atoms with van der Waals surface area (Å²) in [5.41, 5.74) is -0.453. The van der Waals surface area contributed by atoms with Gasteiger partial charge in [0, 0.05) is 32.5 Å². The maximum absolute atomic E-state index is 15.3. The lowest BCUT2D eigenvalue weighted by atomic mass is 9.95. The van der Waals surface area contributed by atoms with Gasteiger partial charge in [-0.1, -0.05) is 11.6 Å². The van der Waals surface area contributed by atoms with Crippen molar-refractivity contribution in [3.8, 4) is 6.01 Å². The monoisotopic (exact) mass is 483 g/mol. The summed E-state index contributed by atoms with van der Waals surface area (Å²) in [4.78, 5) is 17.0.